The van der Waals surface area contributed by atoms with Gasteiger partial charge >= 0.3 is 5.97 Å². The topological polar surface area (TPSA) is 59.1 Å². The number of epoxide rings is 1. The minimum Gasteiger partial charge on any atom is -0.456 e. The Balaban J connectivity index is 1.79. The van der Waals surface area contributed by atoms with Gasteiger partial charge in [0.05, 0.1) is 17.8 Å². The van der Waals surface area contributed by atoms with E-state index in [9.17, 15) is 9.90 Å². The van der Waals surface area contributed by atoms with Crippen LogP contribution in [0.4, 0.5) is 0 Å². The zero-order valence-corrected chi connectivity index (χ0v) is 15.1. The molecular formula is C20H30O4. The van der Waals surface area contributed by atoms with E-state index < -0.39 is 12.2 Å². The zero-order chi connectivity index (χ0) is 17.5. The summed E-state index contributed by atoms with van der Waals surface area (Å²) in [6, 6.07) is 0. The molecule has 3 rings (SSSR count). The van der Waals surface area contributed by atoms with Crippen molar-refractivity contribution < 1.29 is 19.4 Å². The molecule has 0 saturated carbocycles. The Bertz CT molecular complexity index is 552. The van der Waals surface area contributed by atoms with Crippen LogP contribution in [0.2, 0.25) is 0 Å². The van der Waals surface area contributed by atoms with Crippen molar-refractivity contribution in [3.05, 3.63) is 23.8 Å². The predicted octanol–water partition coefficient (Wildman–Crippen LogP) is 3.54. The highest BCUT2D eigenvalue weighted by Gasteiger charge is 2.55. The summed E-state index contributed by atoms with van der Waals surface area (Å²) in [5, 5.41) is 10.7. The first-order valence-electron chi connectivity index (χ1n) is 9.23. The fourth-order valence-corrected chi connectivity index (χ4v) is 4.16. The number of carbonyl (C=O) groups excluding carboxylic acids is 1. The van der Waals surface area contributed by atoms with Gasteiger partial charge < -0.3 is 14.6 Å². The third-order valence-electron chi connectivity index (χ3n) is 6.14. The lowest BCUT2D eigenvalue weighted by Gasteiger charge is -2.27. The Labute approximate surface area is 144 Å². The van der Waals surface area contributed by atoms with Crippen LogP contribution in [0.3, 0.4) is 0 Å². The highest BCUT2D eigenvalue weighted by atomic mass is 16.6. The maximum Gasteiger partial charge on any atom is 0.334 e. The van der Waals surface area contributed by atoms with E-state index in [0.29, 0.717) is 12.0 Å². The Morgan fingerprint density at radius 1 is 1.42 bits per heavy atom. The molecule has 3 aliphatic rings. The molecule has 2 fully saturated rings. The van der Waals surface area contributed by atoms with Crippen molar-refractivity contribution in [1.29, 1.82) is 0 Å². The van der Waals surface area contributed by atoms with Crippen LogP contribution in [0.5, 0.6) is 0 Å². The fourth-order valence-electron chi connectivity index (χ4n) is 4.16. The van der Waals surface area contributed by atoms with E-state index in [1.165, 1.54) is 5.57 Å². The molecule has 0 radical (unpaired) electrons. The van der Waals surface area contributed by atoms with E-state index in [2.05, 4.69) is 26.5 Å². The highest BCUT2D eigenvalue weighted by molar-refractivity contribution is 5.90. The number of allylic oxidation sites excluding steroid dienone is 2. The van der Waals surface area contributed by atoms with E-state index >= 15 is 0 Å². The third-order valence-corrected chi connectivity index (χ3v) is 6.14. The third kappa shape index (κ3) is 3.45. The van der Waals surface area contributed by atoms with E-state index in [4.69, 9.17) is 9.47 Å². The normalized spacial score (nSPS) is 44.0. The van der Waals surface area contributed by atoms with Gasteiger partial charge in [0, 0.05) is 11.5 Å². The molecule has 24 heavy (non-hydrogen) atoms. The summed E-state index contributed by atoms with van der Waals surface area (Å²) in [6.07, 6.45) is 7.07. The average molecular weight is 334 g/mol. The Hall–Kier alpha value is -1.13. The van der Waals surface area contributed by atoms with Gasteiger partial charge in [-0.25, -0.2) is 4.79 Å². The summed E-state index contributed by atoms with van der Waals surface area (Å²) < 4.78 is 11.4. The molecule has 2 saturated heterocycles. The number of hydrogen-bond acceptors (Lipinski definition) is 4. The molecule has 0 unspecified atom stereocenters. The zero-order valence-electron chi connectivity index (χ0n) is 15.1. The molecule has 0 aromatic heterocycles. The summed E-state index contributed by atoms with van der Waals surface area (Å²) in [7, 11) is 0. The van der Waals surface area contributed by atoms with Gasteiger partial charge in [-0.1, -0.05) is 25.2 Å². The summed E-state index contributed by atoms with van der Waals surface area (Å²) in [5.74, 6) is -0.402. The number of aliphatic hydroxyl groups is 1. The van der Waals surface area contributed by atoms with Crippen molar-refractivity contribution in [2.75, 3.05) is 0 Å². The van der Waals surface area contributed by atoms with Crippen molar-refractivity contribution in [2.24, 2.45) is 11.8 Å². The largest absolute Gasteiger partial charge is 0.456 e. The fraction of sp³-hybridized carbons (Fsp3) is 0.750. The van der Waals surface area contributed by atoms with Gasteiger partial charge in [0.1, 0.15) is 6.10 Å². The molecule has 0 aromatic carbocycles. The lowest BCUT2D eigenvalue weighted by molar-refractivity contribution is -0.146. The Morgan fingerprint density at radius 3 is 2.92 bits per heavy atom. The summed E-state index contributed by atoms with van der Waals surface area (Å²) in [6.45, 7) is 10.3. The van der Waals surface area contributed by atoms with Gasteiger partial charge in [-0.2, -0.15) is 0 Å². The van der Waals surface area contributed by atoms with Crippen LogP contribution in [-0.2, 0) is 14.3 Å². The second-order valence-electron chi connectivity index (χ2n) is 8.11. The highest BCUT2D eigenvalue weighted by Crippen LogP contribution is 2.47. The molecule has 0 spiro atoms. The van der Waals surface area contributed by atoms with Crippen LogP contribution < -0.4 is 0 Å². The SMILES string of the molecule is C=C1C(=O)O[C@H]2[C@@H](O)[C@H](C)CCCC(C)=CCC[C@@]3(C)O[C@H]3C[C@@H]12. The minimum absolute atomic E-state index is 0.0958. The maximum absolute atomic E-state index is 12.0. The maximum atomic E-state index is 12.0. The lowest BCUT2D eigenvalue weighted by atomic mass is 9.82. The number of hydrogen-bond donors (Lipinski definition) is 1. The van der Waals surface area contributed by atoms with Gasteiger partial charge in [0.25, 0.3) is 0 Å². The quantitative estimate of drug-likeness (QED) is 0.319. The van der Waals surface area contributed by atoms with Gasteiger partial charge in [0.15, 0.2) is 0 Å². The second kappa shape index (κ2) is 6.64. The van der Waals surface area contributed by atoms with Crippen molar-refractivity contribution >= 4 is 5.97 Å². The summed E-state index contributed by atoms with van der Waals surface area (Å²) in [5.41, 5.74) is 1.79. The number of aliphatic hydroxyl groups excluding tert-OH is 1. The van der Waals surface area contributed by atoms with Gasteiger partial charge in [-0.05, 0) is 58.3 Å². The van der Waals surface area contributed by atoms with Gasteiger partial charge in [0.2, 0.25) is 0 Å². The standard InChI is InChI=1S/C20H30O4/c1-12-7-5-9-13(2)17(21)18-15(14(3)19(22)23-18)11-16-20(4,24-16)10-6-8-12/h8,13,15-18,21H,3,5-7,9-11H2,1-2,4H3/t13-,15+,16+,17+,18-,20-/m1/s1. The van der Waals surface area contributed by atoms with Crippen LogP contribution in [-0.4, -0.2) is 35.0 Å². The number of rotatable bonds is 0. The van der Waals surface area contributed by atoms with E-state index in [1.807, 2.05) is 6.92 Å². The van der Waals surface area contributed by atoms with Crippen molar-refractivity contribution in [2.45, 2.75) is 83.2 Å². The average Bonchev–Trinajstić information content (AvgIpc) is 3.08. The summed E-state index contributed by atoms with van der Waals surface area (Å²) in [4.78, 5) is 12.0. The number of carbonyl (C=O) groups is 1. The van der Waals surface area contributed by atoms with Crippen LogP contribution in [0, 0.1) is 11.8 Å². The van der Waals surface area contributed by atoms with Crippen LogP contribution in [0.25, 0.3) is 0 Å². The number of fused-ring (bicyclic) bond motifs is 2. The first-order chi connectivity index (χ1) is 11.3. The van der Waals surface area contributed by atoms with Crippen molar-refractivity contribution in [1.82, 2.24) is 0 Å². The summed E-state index contributed by atoms with van der Waals surface area (Å²) >= 11 is 0. The Kier molecular flexibility index (Phi) is 4.89. The molecule has 2 aliphatic heterocycles. The lowest BCUT2D eigenvalue weighted by Crippen LogP contribution is -2.37. The smallest absolute Gasteiger partial charge is 0.334 e. The first kappa shape index (κ1) is 17.7. The second-order valence-corrected chi connectivity index (χ2v) is 8.11. The first-order valence-corrected chi connectivity index (χ1v) is 9.23. The molecule has 134 valence electrons. The molecule has 0 bridgehead atoms. The molecule has 4 heteroatoms. The van der Waals surface area contributed by atoms with Crippen molar-refractivity contribution in [3.8, 4) is 0 Å². The van der Waals surface area contributed by atoms with E-state index in [0.717, 1.165) is 32.1 Å². The van der Waals surface area contributed by atoms with Crippen LogP contribution >= 0.6 is 0 Å². The molecule has 2 heterocycles. The number of esters is 1. The molecule has 1 N–H and O–H groups in total. The van der Waals surface area contributed by atoms with Crippen molar-refractivity contribution in [3.63, 3.8) is 0 Å². The Morgan fingerprint density at radius 2 is 2.17 bits per heavy atom. The van der Waals surface area contributed by atoms with E-state index in [1.54, 1.807) is 0 Å². The van der Waals surface area contributed by atoms with Crippen LogP contribution in [0.1, 0.15) is 59.3 Å². The molecule has 0 aromatic rings. The van der Waals surface area contributed by atoms with Gasteiger partial charge in [-0.15, -0.1) is 0 Å². The molecule has 6 atom stereocenters. The van der Waals surface area contributed by atoms with Crippen LogP contribution in [0.15, 0.2) is 23.8 Å². The number of ether oxygens (including phenoxy) is 2. The molecule has 0 amide bonds. The monoisotopic (exact) mass is 334 g/mol. The predicted molar refractivity (Wildman–Crippen MR) is 92.4 cm³/mol. The molecule has 1 aliphatic carbocycles. The van der Waals surface area contributed by atoms with Gasteiger partial charge in [-0.3, -0.25) is 0 Å². The molecule has 4 nitrogen and oxygen atoms in total. The minimum atomic E-state index is -0.643. The van der Waals surface area contributed by atoms with E-state index in [-0.39, 0.29) is 29.5 Å². The molecular weight excluding hydrogens is 304 g/mol.